The van der Waals surface area contributed by atoms with E-state index >= 15 is 0 Å². The molecule has 20 heavy (non-hydrogen) atoms. The van der Waals surface area contributed by atoms with Crippen LogP contribution in [0.4, 0.5) is 5.69 Å². The van der Waals surface area contributed by atoms with Crippen molar-refractivity contribution >= 4 is 17.6 Å². The van der Waals surface area contributed by atoms with Crippen molar-refractivity contribution < 1.29 is 19.4 Å². The number of carboxylic acid groups (broad SMARTS) is 1. The molecule has 0 bridgehead atoms. The standard InChI is InChI=1S/C13H19N3O4/c1-14-12(17)11-8-9(5-6-15-11)16-10(13(18)19)4-3-7-20-2/h5-6,8,10H,3-4,7H2,1-2H3,(H,14,17)(H,15,16)(H,18,19). The second-order valence-corrected chi connectivity index (χ2v) is 4.18. The van der Waals surface area contributed by atoms with Crippen molar-refractivity contribution in [3.8, 4) is 0 Å². The van der Waals surface area contributed by atoms with Gasteiger partial charge in [-0.05, 0) is 25.0 Å². The van der Waals surface area contributed by atoms with Gasteiger partial charge < -0.3 is 20.5 Å². The Labute approximate surface area is 117 Å². The van der Waals surface area contributed by atoms with Crippen LogP contribution in [-0.4, -0.2) is 48.8 Å². The van der Waals surface area contributed by atoms with E-state index in [-0.39, 0.29) is 11.6 Å². The fraction of sp³-hybridized carbons (Fsp3) is 0.462. The van der Waals surface area contributed by atoms with Crippen LogP contribution in [0.15, 0.2) is 18.3 Å². The summed E-state index contributed by atoms with van der Waals surface area (Å²) in [5.41, 5.74) is 0.780. The summed E-state index contributed by atoms with van der Waals surface area (Å²) in [4.78, 5) is 26.6. The fourth-order valence-electron chi connectivity index (χ4n) is 1.66. The highest BCUT2D eigenvalue weighted by Gasteiger charge is 2.17. The van der Waals surface area contributed by atoms with Gasteiger partial charge in [-0.15, -0.1) is 0 Å². The van der Waals surface area contributed by atoms with Crippen LogP contribution in [-0.2, 0) is 9.53 Å². The monoisotopic (exact) mass is 281 g/mol. The normalized spacial score (nSPS) is 11.7. The third-order valence-corrected chi connectivity index (χ3v) is 2.70. The summed E-state index contributed by atoms with van der Waals surface area (Å²) in [6.07, 6.45) is 2.52. The molecule has 7 heteroatoms. The maximum atomic E-state index is 11.5. The number of nitrogens with zero attached hydrogens (tertiary/aromatic N) is 1. The van der Waals surface area contributed by atoms with E-state index in [4.69, 9.17) is 9.84 Å². The van der Waals surface area contributed by atoms with Gasteiger partial charge in [0.15, 0.2) is 0 Å². The molecule has 0 fully saturated rings. The molecule has 0 spiro atoms. The largest absolute Gasteiger partial charge is 0.480 e. The average molecular weight is 281 g/mol. The number of rotatable bonds is 8. The third kappa shape index (κ3) is 4.85. The number of aromatic nitrogens is 1. The van der Waals surface area contributed by atoms with Crippen molar-refractivity contribution in [1.82, 2.24) is 10.3 Å². The van der Waals surface area contributed by atoms with E-state index < -0.39 is 12.0 Å². The summed E-state index contributed by atoms with van der Waals surface area (Å²) in [7, 11) is 3.08. The van der Waals surface area contributed by atoms with E-state index in [1.54, 1.807) is 13.2 Å². The topological polar surface area (TPSA) is 101 Å². The van der Waals surface area contributed by atoms with Gasteiger partial charge in [0.1, 0.15) is 11.7 Å². The molecule has 1 amide bonds. The minimum atomic E-state index is -0.945. The van der Waals surface area contributed by atoms with Gasteiger partial charge in [-0.1, -0.05) is 0 Å². The molecule has 1 rings (SSSR count). The van der Waals surface area contributed by atoms with E-state index in [9.17, 15) is 9.59 Å². The SMILES string of the molecule is CNC(=O)c1cc(NC(CCCOC)C(=O)O)ccn1. The molecule has 1 atom stereocenters. The van der Waals surface area contributed by atoms with Gasteiger partial charge in [-0.2, -0.15) is 0 Å². The summed E-state index contributed by atoms with van der Waals surface area (Å²) in [5.74, 6) is -1.26. The van der Waals surface area contributed by atoms with Crippen molar-refractivity contribution in [1.29, 1.82) is 0 Å². The molecule has 0 aromatic carbocycles. The summed E-state index contributed by atoms with van der Waals surface area (Å²) < 4.78 is 4.90. The second kappa shape index (κ2) is 8.11. The van der Waals surface area contributed by atoms with Crippen molar-refractivity contribution in [2.24, 2.45) is 0 Å². The molecular formula is C13H19N3O4. The summed E-state index contributed by atoms with van der Waals surface area (Å²) in [6, 6.07) is 2.41. The van der Waals surface area contributed by atoms with E-state index in [0.717, 1.165) is 0 Å². The van der Waals surface area contributed by atoms with Gasteiger partial charge in [0.05, 0.1) is 0 Å². The molecule has 0 aliphatic rings. The number of hydrogen-bond acceptors (Lipinski definition) is 5. The highest BCUT2D eigenvalue weighted by molar-refractivity contribution is 5.93. The number of ether oxygens (including phenoxy) is 1. The first-order chi connectivity index (χ1) is 9.58. The molecular weight excluding hydrogens is 262 g/mol. The quantitative estimate of drug-likeness (QED) is 0.607. The highest BCUT2D eigenvalue weighted by Crippen LogP contribution is 2.12. The van der Waals surface area contributed by atoms with Crippen LogP contribution in [0.1, 0.15) is 23.3 Å². The Morgan fingerprint density at radius 2 is 2.25 bits per heavy atom. The van der Waals surface area contributed by atoms with Crippen LogP contribution in [0.3, 0.4) is 0 Å². The van der Waals surface area contributed by atoms with Gasteiger partial charge in [0, 0.05) is 32.6 Å². The number of carboxylic acids is 1. The average Bonchev–Trinajstić information content (AvgIpc) is 2.45. The number of nitrogens with one attached hydrogen (secondary N) is 2. The number of pyridine rings is 1. The Morgan fingerprint density at radius 3 is 2.85 bits per heavy atom. The lowest BCUT2D eigenvalue weighted by Gasteiger charge is -2.15. The first kappa shape index (κ1) is 15.9. The van der Waals surface area contributed by atoms with Crippen molar-refractivity contribution in [2.45, 2.75) is 18.9 Å². The minimum Gasteiger partial charge on any atom is -0.480 e. The number of aliphatic carboxylic acids is 1. The number of methoxy groups -OCH3 is 1. The Morgan fingerprint density at radius 1 is 1.50 bits per heavy atom. The maximum absolute atomic E-state index is 11.5. The zero-order valence-corrected chi connectivity index (χ0v) is 11.5. The van der Waals surface area contributed by atoms with Crippen LogP contribution in [0.5, 0.6) is 0 Å². The number of hydrogen-bond donors (Lipinski definition) is 3. The third-order valence-electron chi connectivity index (χ3n) is 2.70. The summed E-state index contributed by atoms with van der Waals surface area (Å²) in [5, 5.41) is 14.5. The van der Waals surface area contributed by atoms with Gasteiger partial charge in [-0.25, -0.2) is 4.79 Å². The lowest BCUT2D eigenvalue weighted by Crippen LogP contribution is -2.29. The van der Waals surface area contributed by atoms with Crippen LogP contribution < -0.4 is 10.6 Å². The minimum absolute atomic E-state index is 0.235. The molecule has 1 heterocycles. The fourth-order valence-corrected chi connectivity index (χ4v) is 1.66. The molecule has 1 aromatic heterocycles. The van der Waals surface area contributed by atoms with E-state index in [1.807, 2.05) is 0 Å². The van der Waals surface area contributed by atoms with Crippen molar-refractivity contribution in [3.05, 3.63) is 24.0 Å². The van der Waals surface area contributed by atoms with Crippen molar-refractivity contribution in [2.75, 3.05) is 26.1 Å². The van der Waals surface area contributed by atoms with Gasteiger partial charge in [-0.3, -0.25) is 9.78 Å². The molecule has 0 aliphatic heterocycles. The Bertz CT molecular complexity index is 465. The summed E-state index contributed by atoms with van der Waals surface area (Å²) in [6.45, 7) is 0.505. The number of carbonyl (C=O) groups excluding carboxylic acids is 1. The van der Waals surface area contributed by atoms with Gasteiger partial charge in [0.2, 0.25) is 0 Å². The molecule has 1 unspecified atom stereocenters. The number of carbonyl (C=O) groups is 2. The molecule has 0 radical (unpaired) electrons. The predicted octanol–water partition coefficient (Wildman–Crippen LogP) is 0.733. The Balaban J connectivity index is 2.73. The van der Waals surface area contributed by atoms with Crippen molar-refractivity contribution in [3.63, 3.8) is 0 Å². The highest BCUT2D eigenvalue weighted by atomic mass is 16.5. The van der Waals surface area contributed by atoms with E-state index in [2.05, 4.69) is 15.6 Å². The van der Waals surface area contributed by atoms with Crippen LogP contribution in [0.25, 0.3) is 0 Å². The second-order valence-electron chi connectivity index (χ2n) is 4.18. The summed E-state index contributed by atoms with van der Waals surface area (Å²) >= 11 is 0. The van der Waals surface area contributed by atoms with E-state index in [1.165, 1.54) is 19.3 Å². The van der Waals surface area contributed by atoms with Gasteiger partial charge in [0.25, 0.3) is 5.91 Å². The zero-order valence-electron chi connectivity index (χ0n) is 11.5. The maximum Gasteiger partial charge on any atom is 0.326 e. The van der Waals surface area contributed by atoms with Crippen LogP contribution in [0, 0.1) is 0 Å². The first-order valence-electron chi connectivity index (χ1n) is 6.25. The molecule has 110 valence electrons. The van der Waals surface area contributed by atoms with Crippen LogP contribution in [0.2, 0.25) is 0 Å². The smallest absolute Gasteiger partial charge is 0.326 e. The van der Waals surface area contributed by atoms with Crippen LogP contribution >= 0.6 is 0 Å². The molecule has 7 nitrogen and oxygen atoms in total. The lowest BCUT2D eigenvalue weighted by molar-refractivity contribution is -0.138. The molecule has 0 aliphatic carbocycles. The zero-order chi connectivity index (χ0) is 15.0. The first-order valence-corrected chi connectivity index (χ1v) is 6.25. The lowest BCUT2D eigenvalue weighted by atomic mass is 10.1. The number of anilines is 1. The number of amides is 1. The molecule has 1 aromatic rings. The Hall–Kier alpha value is -2.15. The van der Waals surface area contributed by atoms with E-state index in [0.29, 0.717) is 25.1 Å². The van der Waals surface area contributed by atoms with Gasteiger partial charge >= 0.3 is 5.97 Å². The predicted molar refractivity (Wildman–Crippen MR) is 73.8 cm³/mol. The molecule has 0 saturated carbocycles. The Kier molecular flexibility index (Phi) is 6.45. The molecule has 0 saturated heterocycles. The molecule has 3 N–H and O–H groups in total.